The molecule has 0 radical (unpaired) electrons. The molecule has 0 amide bonds. The highest BCUT2D eigenvalue weighted by atomic mass is 35.5. The molecule has 2 unspecified atom stereocenters. The lowest BCUT2D eigenvalue weighted by Crippen LogP contribution is -2.46. The number of sulfonamides is 1. The van der Waals surface area contributed by atoms with Gasteiger partial charge in [-0.05, 0) is 55.2 Å². The molecule has 1 aromatic carbocycles. The summed E-state index contributed by atoms with van der Waals surface area (Å²) in [6.07, 6.45) is 6.46. The third-order valence-corrected chi connectivity index (χ3v) is 8.27. The van der Waals surface area contributed by atoms with Crippen LogP contribution in [0.5, 0.6) is 0 Å². The fourth-order valence-corrected chi connectivity index (χ4v) is 6.23. The molecule has 2 aromatic rings. The number of hydrogen-bond donors (Lipinski definition) is 0. The van der Waals surface area contributed by atoms with Gasteiger partial charge in [0, 0.05) is 35.2 Å². The maximum absolute atomic E-state index is 15.3. The smallest absolute Gasteiger partial charge is 0.243 e. The van der Waals surface area contributed by atoms with Crippen LogP contribution in [0, 0.1) is 5.92 Å². The van der Waals surface area contributed by atoms with Crippen LogP contribution < -0.4 is 0 Å². The van der Waals surface area contributed by atoms with Crippen LogP contribution in [0.2, 0.25) is 5.02 Å². The van der Waals surface area contributed by atoms with Crippen LogP contribution in [0.25, 0.3) is 5.57 Å². The number of benzene rings is 1. The molecule has 1 saturated carbocycles. The Hall–Kier alpha value is -2.36. The van der Waals surface area contributed by atoms with E-state index in [9.17, 15) is 12.8 Å². The Morgan fingerprint density at radius 1 is 1.15 bits per heavy atom. The first-order valence-electron chi connectivity index (χ1n) is 10.7. The van der Waals surface area contributed by atoms with Crippen LogP contribution in [0.4, 0.5) is 8.78 Å². The van der Waals surface area contributed by atoms with Gasteiger partial charge in [-0.15, -0.1) is 0 Å². The fourth-order valence-electron chi connectivity index (χ4n) is 4.38. The van der Waals surface area contributed by atoms with Crippen molar-refractivity contribution >= 4 is 27.2 Å². The molecule has 1 fully saturated rings. The maximum Gasteiger partial charge on any atom is 0.243 e. The van der Waals surface area contributed by atoms with Gasteiger partial charge in [0.2, 0.25) is 16.4 Å². The highest BCUT2D eigenvalue weighted by Gasteiger charge is 2.37. The van der Waals surface area contributed by atoms with E-state index >= 15 is 4.39 Å². The predicted octanol–water partition coefficient (Wildman–Crippen LogP) is 5.86. The number of hydrogen-bond acceptors (Lipinski definition) is 5. The summed E-state index contributed by atoms with van der Waals surface area (Å²) in [4.78, 5) is 3.92. The third-order valence-electron chi connectivity index (χ3n) is 6.13. The van der Waals surface area contributed by atoms with E-state index < -0.39 is 21.7 Å². The van der Waals surface area contributed by atoms with Crippen LogP contribution in [0.3, 0.4) is 0 Å². The molecular weight excluding hydrogens is 472 g/mol. The Morgan fingerprint density at radius 2 is 1.88 bits per heavy atom. The summed E-state index contributed by atoms with van der Waals surface area (Å²) in [7, 11) is -4.00. The first-order valence-corrected chi connectivity index (χ1v) is 12.6. The van der Waals surface area contributed by atoms with Crippen molar-refractivity contribution in [2.75, 3.05) is 6.54 Å². The van der Waals surface area contributed by atoms with Gasteiger partial charge in [-0.1, -0.05) is 36.5 Å². The minimum absolute atomic E-state index is 0.0543. The standard InChI is InChI=1S/C23H24ClF2N3O3S/c1-15-4-2-3-5-22(15)29(33(30,31)20-8-6-18(24)7-9-20)13-17-11-19(25)10-16(12-21(17)26)23-27-14-32-28-23/h6-9,11-12,14-15,22H,2-5,10,13H2,1H3. The largest absolute Gasteiger partial charge is 0.342 e. The molecule has 176 valence electrons. The zero-order chi connectivity index (χ0) is 23.6. The van der Waals surface area contributed by atoms with E-state index in [1.54, 1.807) is 0 Å². The van der Waals surface area contributed by atoms with E-state index in [0.717, 1.165) is 37.8 Å². The second-order valence-electron chi connectivity index (χ2n) is 8.40. The van der Waals surface area contributed by atoms with Crippen LogP contribution in [0.15, 0.2) is 69.5 Å². The molecule has 2 aliphatic carbocycles. The SMILES string of the molecule is CC1CCCCC1N(CC1=C(F)C=C(c2ncon2)CC(F)=C1)S(=O)(=O)c1ccc(Cl)cc1. The van der Waals surface area contributed by atoms with Gasteiger partial charge < -0.3 is 4.52 Å². The van der Waals surface area contributed by atoms with Crippen LogP contribution in [-0.2, 0) is 10.0 Å². The Bertz CT molecular complexity index is 1190. The van der Waals surface area contributed by atoms with Gasteiger partial charge in [0.15, 0.2) is 5.82 Å². The zero-order valence-corrected chi connectivity index (χ0v) is 19.6. The van der Waals surface area contributed by atoms with E-state index in [4.69, 9.17) is 11.6 Å². The Morgan fingerprint density at radius 3 is 2.55 bits per heavy atom. The number of aromatic nitrogens is 2. The molecular formula is C23H24ClF2N3O3S. The fraction of sp³-hybridized carbons (Fsp3) is 0.391. The minimum atomic E-state index is -4.00. The second kappa shape index (κ2) is 9.87. The summed E-state index contributed by atoms with van der Waals surface area (Å²) in [6.45, 7) is 1.70. The van der Waals surface area contributed by atoms with Gasteiger partial charge in [0.05, 0.1) is 4.90 Å². The quantitative estimate of drug-likeness (QED) is 0.502. The summed E-state index contributed by atoms with van der Waals surface area (Å²) in [5.74, 6) is -1.19. The van der Waals surface area contributed by atoms with E-state index in [0.29, 0.717) is 11.4 Å². The number of nitrogens with zero attached hydrogens (tertiary/aromatic N) is 3. The number of rotatable bonds is 6. The summed E-state index contributed by atoms with van der Waals surface area (Å²) in [5.41, 5.74) is 0.157. The van der Waals surface area contributed by atoms with Crippen molar-refractivity contribution in [3.05, 3.63) is 70.9 Å². The average molecular weight is 496 g/mol. The van der Waals surface area contributed by atoms with Crippen molar-refractivity contribution in [2.24, 2.45) is 5.92 Å². The van der Waals surface area contributed by atoms with Crippen molar-refractivity contribution in [3.63, 3.8) is 0 Å². The molecule has 4 rings (SSSR count). The van der Waals surface area contributed by atoms with Gasteiger partial charge in [0.25, 0.3) is 0 Å². The molecule has 6 nitrogen and oxygen atoms in total. The molecule has 0 bridgehead atoms. The lowest BCUT2D eigenvalue weighted by Gasteiger charge is -2.38. The van der Waals surface area contributed by atoms with E-state index in [1.165, 1.54) is 28.6 Å². The van der Waals surface area contributed by atoms with Gasteiger partial charge >= 0.3 is 0 Å². The van der Waals surface area contributed by atoms with Gasteiger partial charge in [-0.3, -0.25) is 0 Å². The number of halogens is 3. The van der Waals surface area contributed by atoms with Crippen molar-refractivity contribution < 1.29 is 21.7 Å². The Balaban J connectivity index is 1.75. The maximum atomic E-state index is 15.3. The minimum Gasteiger partial charge on any atom is -0.342 e. The summed E-state index contributed by atoms with van der Waals surface area (Å²) in [5, 5.41) is 4.06. The van der Waals surface area contributed by atoms with Crippen molar-refractivity contribution in [2.45, 2.75) is 50.0 Å². The molecule has 0 N–H and O–H groups in total. The lowest BCUT2D eigenvalue weighted by molar-refractivity contribution is 0.199. The van der Waals surface area contributed by atoms with Crippen molar-refractivity contribution in [1.82, 2.24) is 14.4 Å². The molecule has 10 heteroatoms. The van der Waals surface area contributed by atoms with E-state index in [1.807, 2.05) is 6.92 Å². The monoisotopic (exact) mass is 495 g/mol. The van der Waals surface area contributed by atoms with Gasteiger partial charge in [0.1, 0.15) is 11.7 Å². The second-order valence-corrected chi connectivity index (χ2v) is 10.7. The molecule has 1 heterocycles. The third kappa shape index (κ3) is 5.26. The van der Waals surface area contributed by atoms with E-state index in [-0.39, 0.29) is 46.8 Å². The highest BCUT2D eigenvalue weighted by molar-refractivity contribution is 7.89. The van der Waals surface area contributed by atoms with Gasteiger partial charge in [-0.2, -0.15) is 9.29 Å². The zero-order valence-electron chi connectivity index (χ0n) is 18.0. The number of allylic oxidation sites excluding steroid dienone is 4. The van der Waals surface area contributed by atoms with Crippen molar-refractivity contribution in [3.8, 4) is 0 Å². The molecule has 0 aliphatic heterocycles. The molecule has 0 spiro atoms. The molecule has 2 atom stereocenters. The first kappa shape index (κ1) is 23.8. The summed E-state index contributed by atoms with van der Waals surface area (Å²) < 4.78 is 63.3. The average Bonchev–Trinajstić information content (AvgIpc) is 3.27. The summed E-state index contributed by atoms with van der Waals surface area (Å²) in [6, 6.07) is 5.53. The Kier molecular flexibility index (Phi) is 7.11. The Labute approximate surface area is 196 Å². The highest BCUT2D eigenvalue weighted by Crippen LogP contribution is 2.35. The van der Waals surface area contributed by atoms with Crippen LogP contribution >= 0.6 is 11.6 Å². The van der Waals surface area contributed by atoms with Crippen LogP contribution in [-0.4, -0.2) is 35.5 Å². The molecule has 2 aliphatic rings. The van der Waals surface area contributed by atoms with Crippen LogP contribution in [0.1, 0.15) is 44.9 Å². The first-order chi connectivity index (χ1) is 15.8. The van der Waals surface area contributed by atoms with Gasteiger partial charge in [-0.25, -0.2) is 17.2 Å². The lowest BCUT2D eigenvalue weighted by atomic mass is 9.86. The molecule has 33 heavy (non-hydrogen) atoms. The van der Waals surface area contributed by atoms with Crippen molar-refractivity contribution in [1.29, 1.82) is 0 Å². The normalized spacial score (nSPS) is 22.2. The predicted molar refractivity (Wildman–Crippen MR) is 121 cm³/mol. The topological polar surface area (TPSA) is 76.3 Å². The molecule has 1 aromatic heterocycles. The summed E-state index contributed by atoms with van der Waals surface area (Å²) >= 11 is 5.94. The molecule has 0 saturated heterocycles. The van der Waals surface area contributed by atoms with E-state index in [2.05, 4.69) is 14.7 Å².